The highest BCUT2D eigenvalue weighted by molar-refractivity contribution is 5.91. The molecule has 0 unspecified atom stereocenters. The molecule has 3 rings (SSSR count). The van der Waals surface area contributed by atoms with E-state index >= 15 is 0 Å². The summed E-state index contributed by atoms with van der Waals surface area (Å²) >= 11 is 0. The molecule has 1 fully saturated rings. The predicted molar refractivity (Wildman–Crippen MR) is 118 cm³/mol. The zero-order chi connectivity index (χ0) is 23.2. The number of carbonyl (C=O) groups is 1. The van der Waals surface area contributed by atoms with Crippen molar-refractivity contribution < 1.29 is 39.6 Å². The molecule has 33 heavy (non-hydrogen) atoms. The number of nitrogens with one attached hydrogen (secondary N) is 1. The van der Waals surface area contributed by atoms with Crippen molar-refractivity contribution in [2.24, 2.45) is 0 Å². The zero-order valence-corrected chi connectivity index (χ0v) is 19.6. The average molecular weight is 483 g/mol. The van der Waals surface area contributed by atoms with E-state index in [1.54, 1.807) is 0 Å². The van der Waals surface area contributed by atoms with E-state index in [1.165, 1.54) is 29.8 Å². The monoisotopic (exact) mass is 482 g/mol. The summed E-state index contributed by atoms with van der Waals surface area (Å²) in [6.07, 6.45) is 0.370. The Hall–Kier alpha value is -2.35. The first-order chi connectivity index (χ1) is 15.1. The highest BCUT2D eigenvalue weighted by atomic mass is 35.5. The molecule has 0 aromatic heterocycles. The van der Waals surface area contributed by atoms with Gasteiger partial charge in [0.25, 0.3) is 0 Å². The van der Waals surface area contributed by atoms with Crippen LogP contribution in [0, 0.1) is 0 Å². The van der Waals surface area contributed by atoms with Gasteiger partial charge in [-0.15, -0.1) is 0 Å². The van der Waals surface area contributed by atoms with Crippen LogP contribution in [0.2, 0.25) is 0 Å². The van der Waals surface area contributed by atoms with Gasteiger partial charge in [-0.1, -0.05) is 36.4 Å². The van der Waals surface area contributed by atoms with Gasteiger partial charge in [0.15, 0.2) is 0 Å². The minimum Gasteiger partial charge on any atom is -1.00 e. The van der Waals surface area contributed by atoms with E-state index in [0.29, 0.717) is 18.2 Å². The van der Waals surface area contributed by atoms with Gasteiger partial charge in [-0.25, -0.2) is 0 Å². The molecule has 0 spiro atoms. The minimum absolute atomic E-state index is 0. The Bertz CT molecular complexity index is 937. The molecule has 1 aliphatic heterocycles. The molecule has 2 aromatic carbocycles. The highest BCUT2D eigenvalue weighted by Crippen LogP contribution is 2.29. The van der Waals surface area contributed by atoms with E-state index < -0.39 is 11.7 Å². The fraction of sp³-hybridized carbons (Fsp3) is 0.400. The topological polar surface area (TPSA) is 38.3 Å². The molecule has 180 valence electrons. The Labute approximate surface area is 199 Å². The van der Waals surface area contributed by atoms with E-state index in [1.807, 2.05) is 12.1 Å². The Morgan fingerprint density at radius 1 is 1.09 bits per heavy atom. The first kappa shape index (κ1) is 26.9. The van der Waals surface area contributed by atoms with Crippen molar-refractivity contribution in [2.75, 3.05) is 27.3 Å². The van der Waals surface area contributed by atoms with Gasteiger partial charge in [-0.2, -0.15) is 13.2 Å². The Morgan fingerprint density at radius 2 is 1.73 bits per heavy atom. The van der Waals surface area contributed by atoms with E-state index in [2.05, 4.69) is 31.5 Å². The summed E-state index contributed by atoms with van der Waals surface area (Å²) < 4.78 is 44.7. The van der Waals surface area contributed by atoms with Gasteiger partial charge in [-0.3, -0.25) is 4.79 Å². The van der Waals surface area contributed by atoms with Crippen LogP contribution in [-0.2, 0) is 28.8 Å². The van der Waals surface area contributed by atoms with E-state index in [-0.39, 0.29) is 18.3 Å². The first-order valence-corrected chi connectivity index (χ1v) is 10.7. The van der Waals surface area contributed by atoms with Gasteiger partial charge in [-0.05, 0) is 29.3 Å². The highest BCUT2D eigenvalue weighted by Gasteiger charge is 2.31. The van der Waals surface area contributed by atoms with E-state index in [9.17, 15) is 18.0 Å². The Morgan fingerprint density at radius 3 is 2.36 bits per heavy atom. The Kier molecular flexibility index (Phi) is 9.52. The smallest absolute Gasteiger partial charge is 0.416 e. The van der Waals surface area contributed by atoms with Gasteiger partial charge >= 0.3 is 6.18 Å². The molecule has 0 bridgehead atoms. The average Bonchev–Trinajstić information content (AvgIpc) is 2.77. The fourth-order valence-corrected chi connectivity index (χ4v) is 3.98. The number of nitrogens with zero attached hydrogens (tertiary/aromatic N) is 1. The van der Waals surface area contributed by atoms with Crippen LogP contribution in [0.1, 0.15) is 35.1 Å². The summed E-state index contributed by atoms with van der Waals surface area (Å²) in [5.41, 5.74) is 1.79. The lowest BCUT2D eigenvalue weighted by Crippen LogP contribution is -3.00. The van der Waals surface area contributed by atoms with Crippen LogP contribution in [-0.4, -0.2) is 43.7 Å². The van der Waals surface area contributed by atoms with Gasteiger partial charge in [0.2, 0.25) is 5.91 Å². The summed E-state index contributed by atoms with van der Waals surface area (Å²) in [6.45, 7) is 2.93. The molecule has 0 radical (unpaired) electrons. The number of halogens is 4. The van der Waals surface area contributed by atoms with Crippen LogP contribution in [0.4, 0.5) is 13.2 Å². The van der Waals surface area contributed by atoms with Gasteiger partial charge < -0.3 is 26.9 Å². The molecular weight excluding hydrogens is 453 g/mol. The number of amides is 1. The van der Waals surface area contributed by atoms with Crippen LogP contribution in [0.3, 0.4) is 0 Å². The van der Waals surface area contributed by atoms with Crippen molar-refractivity contribution >= 4 is 12.0 Å². The number of quaternary nitrogens is 1. The molecular formula is C25H30ClF3N2O2. The molecule has 0 saturated carbocycles. The lowest BCUT2D eigenvalue weighted by atomic mass is 10.0. The molecule has 0 atom stereocenters. The maximum absolute atomic E-state index is 12.8. The van der Waals surface area contributed by atoms with Crippen molar-refractivity contribution in [3.63, 3.8) is 0 Å². The van der Waals surface area contributed by atoms with E-state index in [4.69, 9.17) is 4.74 Å². The maximum atomic E-state index is 12.8. The largest absolute Gasteiger partial charge is 1.00 e. The van der Waals surface area contributed by atoms with Crippen molar-refractivity contribution in [3.05, 3.63) is 76.9 Å². The maximum Gasteiger partial charge on any atom is 0.416 e. The number of hydrogen-bond acceptors (Lipinski definition) is 2. The standard InChI is InChI=1S/C25H29F3N2O2.ClH/c1-30(2,23-12-14-32-15-13-23)18-21-8-6-20(7-9-21)17-29-24(31)11-10-19-4-3-5-22(16-19)25(26,27)28;/h3-11,16,23H,12-15,17-18H2,1-2H3;1H/b11-10+;. The lowest BCUT2D eigenvalue weighted by molar-refractivity contribution is -0.929. The molecule has 4 nitrogen and oxygen atoms in total. The van der Waals surface area contributed by atoms with Crippen molar-refractivity contribution in [2.45, 2.75) is 38.1 Å². The summed E-state index contributed by atoms with van der Waals surface area (Å²) in [7, 11) is 4.50. The predicted octanol–water partition coefficient (Wildman–Crippen LogP) is 1.79. The van der Waals surface area contributed by atoms with Crippen molar-refractivity contribution in [1.82, 2.24) is 5.32 Å². The summed E-state index contributed by atoms with van der Waals surface area (Å²) in [4.78, 5) is 12.1. The summed E-state index contributed by atoms with van der Waals surface area (Å²) in [5.74, 6) is -0.358. The first-order valence-electron chi connectivity index (χ1n) is 10.7. The second kappa shape index (κ2) is 11.7. The molecule has 1 saturated heterocycles. The number of hydrogen-bond donors (Lipinski definition) is 1. The zero-order valence-electron chi connectivity index (χ0n) is 18.9. The third-order valence-electron chi connectivity index (χ3n) is 5.90. The quantitative estimate of drug-likeness (QED) is 0.483. The molecule has 1 aliphatic rings. The molecule has 1 heterocycles. The van der Waals surface area contributed by atoms with Crippen LogP contribution in [0.5, 0.6) is 0 Å². The minimum atomic E-state index is -4.41. The third kappa shape index (κ3) is 8.18. The SMILES string of the molecule is C[N+](C)(Cc1ccc(CNC(=O)/C=C/c2cccc(C(F)(F)F)c2)cc1)C1CCOCC1.[Cl-]. The molecule has 1 amide bonds. The second-order valence-corrected chi connectivity index (χ2v) is 8.77. The van der Waals surface area contributed by atoms with Crippen molar-refractivity contribution in [3.8, 4) is 0 Å². The molecule has 0 aliphatic carbocycles. The molecule has 8 heteroatoms. The fourth-order valence-electron chi connectivity index (χ4n) is 3.98. The number of benzene rings is 2. The van der Waals surface area contributed by atoms with Crippen molar-refractivity contribution in [1.29, 1.82) is 0 Å². The van der Waals surface area contributed by atoms with Crippen LogP contribution >= 0.6 is 0 Å². The van der Waals surface area contributed by atoms with Gasteiger partial charge in [0, 0.05) is 31.0 Å². The van der Waals surface area contributed by atoms with Crippen LogP contribution in [0.15, 0.2) is 54.6 Å². The number of rotatable bonds is 7. The van der Waals surface area contributed by atoms with Gasteiger partial charge in [0.1, 0.15) is 6.54 Å². The lowest BCUT2D eigenvalue weighted by Gasteiger charge is -2.40. The molecule has 2 aromatic rings. The van der Waals surface area contributed by atoms with Crippen LogP contribution < -0.4 is 17.7 Å². The number of carbonyl (C=O) groups excluding carboxylic acids is 1. The number of ether oxygens (including phenoxy) is 1. The van der Waals surface area contributed by atoms with Gasteiger partial charge in [0.05, 0.1) is 38.9 Å². The summed E-state index contributed by atoms with van der Waals surface area (Å²) in [5, 5.41) is 2.77. The Balaban J connectivity index is 0.00000385. The second-order valence-electron chi connectivity index (χ2n) is 8.77. The van der Waals surface area contributed by atoms with Crippen LogP contribution in [0.25, 0.3) is 6.08 Å². The normalized spacial score (nSPS) is 15.3. The number of alkyl halides is 3. The van der Waals surface area contributed by atoms with E-state index in [0.717, 1.165) is 54.8 Å². The summed E-state index contributed by atoms with van der Waals surface area (Å²) in [6, 6.07) is 13.6. The third-order valence-corrected chi connectivity index (χ3v) is 5.90. The molecule has 1 N–H and O–H groups in total.